The number of aryl methyl sites for hydroxylation is 1. The highest BCUT2D eigenvalue weighted by Crippen LogP contribution is 2.27. The van der Waals surface area contributed by atoms with Gasteiger partial charge in [0.25, 0.3) is 10.0 Å². The van der Waals surface area contributed by atoms with Crippen molar-refractivity contribution in [3.05, 3.63) is 78.4 Å². The first kappa shape index (κ1) is 19.7. The molecular weight excluding hydrogens is 400 g/mol. The molecule has 0 radical (unpaired) electrons. The molecule has 0 amide bonds. The van der Waals surface area contributed by atoms with Crippen molar-refractivity contribution in [3.8, 4) is 5.75 Å². The minimum atomic E-state index is -3.86. The van der Waals surface area contributed by atoms with Crippen LogP contribution in [0.15, 0.2) is 77.7 Å². The summed E-state index contributed by atoms with van der Waals surface area (Å²) in [6.45, 7) is 2.01. The number of anilines is 3. The lowest BCUT2D eigenvalue weighted by Gasteiger charge is -2.14. The third-order valence-corrected chi connectivity index (χ3v) is 5.93. The number of aromatic hydroxyl groups is 1. The molecule has 3 N–H and O–H groups in total. The number of fused-ring (bicyclic) bond motifs is 1. The number of sulfonamides is 1. The van der Waals surface area contributed by atoms with E-state index >= 15 is 0 Å². The molecular formula is C22H20N4O3S. The number of rotatable bonds is 6. The number of para-hydroxylation sites is 2. The first-order chi connectivity index (χ1) is 14.4. The van der Waals surface area contributed by atoms with Crippen molar-refractivity contribution in [2.45, 2.75) is 18.2 Å². The Morgan fingerprint density at radius 1 is 0.833 bits per heavy atom. The molecule has 0 aliphatic heterocycles. The van der Waals surface area contributed by atoms with Gasteiger partial charge in [-0.25, -0.2) is 18.4 Å². The molecule has 0 saturated carbocycles. The summed E-state index contributed by atoms with van der Waals surface area (Å²) in [5.74, 6) is 0.469. The number of nitrogens with one attached hydrogen (secondary N) is 2. The van der Waals surface area contributed by atoms with Crippen molar-refractivity contribution < 1.29 is 13.5 Å². The maximum absolute atomic E-state index is 12.9. The van der Waals surface area contributed by atoms with E-state index in [0.29, 0.717) is 16.7 Å². The third-order valence-electron chi connectivity index (χ3n) is 4.57. The summed E-state index contributed by atoms with van der Waals surface area (Å²) < 4.78 is 28.4. The Kier molecular flexibility index (Phi) is 5.24. The molecule has 1 aromatic heterocycles. The SMILES string of the molecule is CCc1ccc(S(=O)(=O)Nc2nc3ccccc3nc2Nc2ccc(O)cc2)cc1. The number of aromatic nitrogens is 2. The number of phenols is 1. The molecule has 0 bridgehead atoms. The largest absolute Gasteiger partial charge is 0.508 e. The fourth-order valence-corrected chi connectivity index (χ4v) is 3.94. The van der Waals surface area contributed by atoms with Crippen molar-refractivity contribution in [2.24, 2.45) is 0 Å². The standard InChI is InChI=1S/C22H20N4O3S/c1-2-15-7-13-18(14-8-15)30(28,29)26-22-21(23-16-9-11-17(27)12-10-16)24-19-5-3-4-6-20(19)25-22/h3-14,27H,2H2,1H3,(H,23,24)(H,25,26). The zero-order chi connectivity index (χ0) is 21.1. The highest BCUT2D eigenvalue weighted by molar-refractivity contribution is 7.92. The van der Waals surface area contributed by atoms with Gasteiger partial charge < -0.3 is 10.4 Å². The summed E-state index contributed by atoms with van der Waals surface area (Å²) in [7, 11) is -3.86. The van der Waals surface area contributed by atoms with Gasteiger partial charge in [0.05, 0.1) is 15.9 Å². The van der Waals surface area contributed by atoms with Gasteiger partial charge in [0, 0.05) is 5.69 Å². The van der Waals surface area contributed by atoms with Gasteiger partial charge in [-0.2, -0.15) is 0 Å². The first-order valence-electron chi connectivity index (χ1n) is 9.39. The van der Waals surface area contributed by atoms with Crippen LogP contribution in [0.1, 0.15) is 12.5 Å². The Labute approximate surface area is 174 Å². The van der Waals surface area contributed by atoms with Crippen LogP contribution in [-0.2, 0) is 16.4 Å². The molecule has 152 valence electrons. The zero-order valence-electron chi connectivity index (χ0n) is 16.2. The molecule has 0 aliphatic rings. The molecule has 7 nitrogen and oxygen atoms in total. The van der Waals surface area contributed by atoms with Crippen molar-refractivity contribution in [2.75, 3.05) is 10.0 Å². The molecule has 0 saturated heterocycles. The second-order valence-electron chi connectivity index (χ2n) is 6.68. The molecule has 30 heavy (non-hydrogen) atoms. The van der Waals surface area contributed by atoms with E-state index in [4.69, 9.17) is 0 Å². The predicted octanol–water partition coefficient (Wildman–Crippen LogP) is 4.44. The molecule has 0 unspecified atom stereocenters. The lowest BCUT2D eigenvalue weighted by atomic mass is 10.2. The van der Waals surface area contributed by atoms with E-state index in [9.17, 15) is 13.5 Å². The normalized spacial score (nSPS) is 11.4. The molecule has 4 aromatic rings. The number of nitrogens with zero attached hydrogens (tertiary/aromatic N) is 2. The number of phenolic OH excluding ortho intramolecular Hbond substituents is 1. The van der Waals surface area contributed by atoms with Crippen LogP contribution in [0.5, 0.6) is 5.75 Å². The second kappa shape index (κ2) is 8.00. The zero-order valence-corrected chi connectivity index (χ0v) is 17.0. The minimum absolute atomic E-state index is 0.0846. The van der Waals surface area contributed by atoms with E-state index in [1.54, 1.807) is 48.5 Å². The topological polar surface area (TPSA) is 104 Å². The van der Waals surface area contributed by atoms with Crippen LogP contribution >= 0.6 is 0 Å². The third kappa shape index (κ3) is 4.18. The summed E-state index contributed by atoms with van der Waals surface area (Å²) in [6.07, 6.45) is 0.824. The average molecular weight is 420 g/mol. The van der Waals surface area contributed by atoms with Gasteiger partial charge in [-0.05, 0) is 60.5 Å². The number of hydrogen-bond donors (Lipinski definition) is 3. The molecule has 4 rings (SSSR count). The summed E-state index contributed by atoms with van der Waals surface area (Å²) >= 11 is 0. The van der Waals surface area contributed by atoms with Crippen LogP contribution in [0.3, 0.4) is 0 Å². The highest BCUT2D eigenvalue weighted by atomic mass is 32.2. The summed E-state index contributed by atoms with van der Waals surface area (Å²) in [5.41, 5.74) is 2.86. The van der Waals surface area contributed by atoms with E-state index in [1.807, 2.05) is 19.1 Å². The molecule has 3 aromatic carbocycles. The molecule has 0 atom stereocenters. The fraction of sp³-hybridized carbons (Fsp3) is 0.0909. The van der Waals surface area contributed by atoms with Crippen molar-refractivity contribution in [3.63, 3.8) is 0 Å². The first-order valence-corrected chi connectivity index (χ1v) is 10.9. The maximum Gasteiger partial charge on any atom is 0.263 e. The summed E-state index contributed by atoms with van der Waals surface area (Å²) in [4.78, 5) is 9.15. The summed E-state index contributed by atoms with van der Waals surface area (Å²) in [6, 6.07) is 20.3. The quantitative estimate of drug-likeness (QED) is 0.398. The van der Waals surface area contributed by atoms with E-state index < -0.39 is 10.0 Å². The van der Waals surface area contributed by atoms with Crippen LogP contribution in [0.4, 0.5) is 17.3 Å². The van der Waals surface area contributed by atoms with Crippen LogP contribution in [0.25, 0.3) is 11.0 Å². The Bertz CT molecular complexity index is 1290. The van der Waals surface area contributed by atoms with Gasteiger partial charge in [-0.1, -0.05) is 31.2 Å². The van der Waals surface area contributed by atoms with E-state index in [-0.39, 0.29) is 22.3 Å². The highest BCUT2D eigenvalue weighted by Gasteiger charge is 2.19. The van der Waals surface area contributed by atoms with E-state index in [0.717, 1.165) is 12.0 Å². The van der Waals surface area contributed by atoms with E-state index in [1.165, 1.54) is 12.1 Å². The Morgan fingerprint density at radius 2 is 1.43 bits per heavy atom. The molecule has 0 spiro atoms. The monoisotopic (exact) mass is 420 g/mol. The molecule has 0 fully saturated rings. The van der Waals surface area contributed by atoms with Crippen LogP contribution in [-0.4, -0.2) is 23.5 Å². The van der Waals surface area contributed by atoms with Crippen LogP contribution < -0.4 is 10.0 Å². The van der Waals surface area contributed by atoms with Crippen molar-refractivity contribution in [1.29, 1.82) is 0 Å². The van der Waals surface area contributed by atoms with Crippen LogP contribution in [0.2, 0.25) is 0 Å². The smallest absolute Gasteiger partial charge is 0.263 e. The predicted molar refractivity (Wildman–Crippen MR) is 118 cm³/mol. The minimum Gasteiger partial charge on any atom is -0.508 e. The van der Waals surface area contributed by atoms with Crippen molar-refractivity contribution in [1.82, 2.24) is 9.97 Å². The van der Waals surface area contributed by atoms with Gasteiger partial charge in [0.15, 0.2) is 11.6 Å². The Balaban J connectivity index is 1.74. The average Bonchev–Trinajstić information content (AvgIpc) is 2.75. The van der Waals surface area contributed by atoms with Crippen molar-refractivity contribution >= 4 is 38.4 Å². The summed E-state index contributed by atoms with van der Waals surface area (Å²) in [5, 5.41) is 12.6. The molecule has 8 heteroatoms. The lowest BCUT2D eigenvalue weighted by molar-refractivity contribution is 0.475. The van der Waals surface area contributed by atoms with Gasteiger partial charge in [0.1, 0.15) is 5.75 Å². The van der Waals surface area contributed by atoms with Gasteiger partial charge in [-0.3, -0.25) is 4.72 Å². The maximum atomic E-state index is 12.9. The second-order valence-corrected chi connectivity index (χ2v) is 8.37. The van der Waals surface area contributed by atoms with Gasteiger partial charge in [-0.15, -0.1) is 0 Å². The Morgan fingerprint density at radius 3 is 2.03 bits per heavy atom. The number of hydrogen-bond acceptors (Lipinski definition) is 6. The molecule has 1 heterocycles. The van der Waals surface area contributed by atoms with Gasteiger partial charge in [0.2, 0.25) is 0 Å². The van der Waals surface area contributed by atoms with E-state index in [2.05, 4.69) is 20.0 Å². The number of benzene rings is 3. The van der Waals surface area contributed by atoms with Crippen LogP contribution in [0, 0.1) is 0 Å². The fourth-order valence-electron chi connectivity index (χ4n) is 2.93. The van der Waals surface area contributed by atoms with Gasteiger partial charge >= 0.3 is 0 Å². The molecule has 0 aliphatic carbocycles. The Hall–Kier alpha value is -3.65. The lowest BCUT2D eigenvalue weighted by Crippen LogP contribution is -2.16.